The van der Waals surface area contributed by atoms with Gasteiger partial charge in [-0.25, -0.2) is 18.4 Å². The summed E-state index contributed by atoms with van der Waals surface area (Å²) >= 11 is 1.37. The van der Waals surface area contributed by atoms with Crippen molar-refractivity contribution in [1.29, 1.82) is 0 Å². The first-order valence-electron chi connectivity index (χ1n) is 9.54. The third kappa shape index (κ3) is 3.93. The SMILES string of the molecule is CCN(c1cc(C(=O)O)cc(S(N)(=O)=O)c1-c1cccs1)c1cccc2ccccc12. The van der Waals surface area contributed by atoms with Crippen LogP contribution in [0.2, 0.25) is 0 Å². The number of carboxylic acids is 1. The number of anilines is 2. The lowest BCUT2D eigenvalue weighted by molar-refractivity contribution is 0.0696. The number of carboxylic acid groups (broad SMARTS) is 1. The van der Waals surface area contributed by atoms with Gasteiger partial charge in [-0.15, -0.1) is 11.3 Å². The number of benzene rings is 3. The van der Waals surface area contributed by atoms with Crippen molar-refractivity contribution in [2.45, 2.75) is 11.8 Å². The lowest BCUT2D eigenvalue weighted by Crippen LogP contribution is -2.21. The molecule has 3 aromatic carbocycles. The summed E-state index contributed by atoms with van der Waals surface area (Å²) in [4.78, 5) is 14.3. The van der Waals surface area contributed by atoms with E-state index in [0.717, 1.165) is 22.5 Å². The van der Waals surface area contributed by atoms with Crippen molar-refractivity contribution in [3.05, 3.63) is 77.7 Å². The van der Waals surface area contributed by atoms with Gasteiger partial charge in [-0.05, 0) is 42.0 Å². The molecule has 1 heterocycles. The van der Waals surface area contributed by atoms with Crippen LogP contribution in [0.25, 0.3) is 21.2 Å². The van der Waals surface area contributed by atoms with Crippen molar-refractivity contribution in [3.8, 4) is 10.4 Å². The Bertz CT molecular complexity index is 1370. The van der Waals surface area contributed by atoms with E-state index in [1.807, 2.05) is 65.7 Å². The molecule has 0 bridgehead atoms. The first-order valence-corrected chi connectivity index (χ1v) is 12.0. The van der Waals surface area contributed by atoms with Crippen LogP contribution in [-0.4, -0.2) is 26.0 Å². The molecule has 158 valence electrons. The van der Waals surface area contributed by atoms with Gasteiger partial charge >= 0.3 is 5.97 Å². The van der Waals surface area contributed by atoms with Gasteiger partial charge in [0.1, 0.15) is 0 Å². The topological polar surface area (TPSA) is 101 Å². The molecule has 0 aliphatic carbocycles. The standard InChI is InChI=1S/C23H20N2O4S2/c1-2-25(18-10-5-8-15-7-3-4-9-17(15)18)19-13-16(23(26)27)14-21(31(24,28)29)22(19)20-11-6-12-30-20/h3-14H,2H2,1H3,(H,26,27)(H2,24,28,29). The van der Waals surface area contributed by atoms with E-state index in [1.165, 1.54) is 17.4 Å². The summed E-state index contributed by atoms with van der Waals surface area (Å²) in [7, 11) is -4.19. The molecular weight excluding hydrogens is 432 g/mol. The van der Waals surface area contributed by atoms with Gasteiger partial charge in [-0.1, -0.05) is 42.5 Å². The van der Waals surface area contributed by atoms with E-state index in [4.69, 9.17) is 5.14 Å². The van der Waals surface area contributed by atoms with Gasteiger partial charge in [0.2, 0.25) is 10.0 Å². The molecule has 0 saturated heterocycles. The highest BCUT2D eigenvalue weighted by Gasteiger charge is 2.26. The number of aromatic carboxylic acids is 1. The van der Waals surface area contributed by atoms with Crippen LogP contribution in [0.15, 0.2) is 77.0 Å². The second kappa shape index (κ2) is 8.14. The molecule has 0 aliphatic rings. The quantitative estimate of drug-likeness (QED) is 0.425. The molecule has 0 unspecified atom stereocenters. The van der Waals surface area contributed by atoms with Gasteiger partial charge in [0.15, 0.2) is 0 Å². The summed E-state index contributed by atoms with van der Waals surface area (Å²) in [6.45, 7) is 2.42. The third-order valence-corrected chi connectivity index (χ3v) is 6.89. The average Bonchev–Trinajstić information content (AvgIpc) is 3.27. The third-order valence-electron chi connectivity index (χ3n) is 5.07. The van der Waals surface area contributed by atoms with E-state index in [1.54, 1.807) is 6.07 Å². The van der Waals surface area contributed by atoms with Gasteiger partial charge in [0.25, 0.3) is 0 Å². The molecule has 4 aromatic rings. The number of rotatable bonds is 6. The number of nitrogens with zero attached hydrogens (tertiary/aromatic N) is 1. The normalized spacial score (nSPS) is 11.5. The monoisotopic (exact) mass is 452 g/mol. The Morgan fingerprint density at radius 1 is 1.03 bits per heavy atom. The van der Waals surface area contributed by atoms with Gasteiger partial charge in [-0.3, -0.25) is 0 Å². The second-order valence-electron chi connectivity index (χ2n) is 6.94. The van der Waals surface area contributed by atoms with Gasteiger partial charge in [-0.2, -0.15) is 0 Å². The van der Waals surface area contributed by atoms with Crippen molar-refractivity contribution in [1.82, 2.24) is 0 Å². The Morgan fingerprint density at radius 2 is 1.77 bits per heavy atom. The predicted octanol–water partition coefficient (Wildman–Crippen LogP) is 5.07. The van der Waals surface area contributed by atoms with Crippen molar-refractivity contribution in [2.75, 3.05) is 11.4 Å². The number of thiophene rings is 1. The summed E-state index contributed by atoms with van der Waals surface area (Å²) in [5, 5.41) is 19.0. The Labute approximate surface area is 184 Å². The zero-order valence-corrected chi connectivity index (χ0v) is 18.3. The molecule has 31 heavy (non-hydrogen) atoms. The van der Waals surface area contributed by atoms with E-state index in [2.05, 4.69) is 0 Å². The number of sulfonamides is 1. The smallest absolute Gasteiger partial charge is 0.335 e. The van der Waals surface area contributed by atoms with Crippen molar-refractivity contribution in [2.24, 2.45) is 5.14 Å². The summed E-state index contributed by atoms with van der Waals surface area (Å²) in [6.07, 6.45) is 0. The molecule has 1 aromatic heterocycles. The van der Waals surface area contributed by atoms with E-state index < -0.39 is 16.0 Å². The maximum absolute atomic E-state index is 12.5. The Balaban J connectivity index is 2.11. The maximum atomic E-state index is 12.5. The molecular formula is C23H20N2O4S2. The number of nitrogens with two attached hydrogens (primary N) is 1. The summed E-state index contributed by atoms with van der Waals surface area (Å²) in [5.74, 6) is -1.22. The van der Waals surface area contributed by atoms with E-state index in [-0.39, 0.29) is 10.5 Å². The van der Waals surface area contributed by atoms with Crippen LogP contribution in [0, 0.1) is 0 Å². The minimum Gasteiger partial charge on any atom is -0.478 e. The molecule has 3 N–H and O–H groups in total. The average molecular weight is 453 g/mol. The van der Waals surface area contributed by atoms with E-state index >= 15 is 0 Å². The fourth-order valence-electron chi connectivity index (χ4n) is 3.74. The Morgan fingerprint density at radius 3 is 2.42 bits per heavy atom. The number of hydrogen-bond acceptors (Lipinski definition) is 5. The number of carbonyl (C=O) groups is 1. The van der Waals surface area contributed by atoms with Gasteiger partial charge in [0.05, 0.1) is 16.1 Å². The number of hydrogen-bond donors (Lipinski definition) is 2. The Hall–Kier alpha value is -3.20. The molecule has 0 saturated carbocycles. The zero-order chi connectivity index (χ0) is 22.2. The summed E-state index contributed by atoms with van der Waals surface area (Å²) in [5.41, 5.74) is 1.59. The van der Waals surface area contributed by atoms with Crippen molar-refractivity contribution >= 4 is 49.5 Å². The lowest BCUT2D eigenvalue weighted by atomic mass is 10.0. The molecule has 0 amide bonds. The van der Waals surface area contributed by atoms with Crippen LogP contribution in [-0.2, 0) is 10.0 Å². The minimum absolute atomic E-state index is 0.141. The van der Waals surface area contributed by atoms with Gasteiger partial charge in [0, 0.05) is 28.1 Å². The molecule has 0 spiro atoms. The fraction of sp³-hybridized carbons (Fsp3) is 0.0870. The molecule has 6 nitrogen and oxygen atoms in total. The van der Waals surface area contributed by atoms with Crippen LogP contribution in [0.5, 0.6) is 0 Å². The van der Waals surface area contributed by atoms with Crippen LogP contribution >= 0.6 is 11.3 Å². The lowest BCUT2D eigenvalue weighted by Gasteiger charge is -2.28. The van der Waals surface area contributed by atoms with Crippen LogP contribution < -0.4 is 10.0 Å². The highest BCUT2D eigenvalue weighted by Crippen LogP contribution is 2.43. The van der Waals surface area contributed by atoms with Crippen LogP contribution in [0.4, 0.5) is 11.4 Å². The van der Waals surface area contributed by atoms with Gasteiger partial charge < -0.3 is 10.0 Å². The second-order valence-corrected chi connectivity index (χ2v) is 9.42. The fourth-order valence-corrected chi connectivity index (χ4v) is 5.39. The largest absolute Gasteiger partial charge is 0.478 e. The van der Waals surface area contributed by atoms with Crippen molar-refractivity contribution in [3.63, 3.8) is 0 Å². The molecule has 0 fully saturated rings. The molecule has 4 rings (SSSR count). The van der Waals surface area contributed by atoms with E-state index in [0.29, 0.717) is 22.7 Å². The molecule has 0 radical (unpaired) electrons. The molecule has 8 heteroatoms. The van der Waals surface area contributed by atoms with E-state index in [9.17, 15) is 18.3 Å². The maximum Gasteiger partial charge on any atom is 0.335 e. The molecule has 0 atom stereocenters. The van der Waals surface area contributed by atoms with Crippen LogP contribution in [0.3, 0.4) is 0 Å². The van der Waals surface area contributed by atoms with Crippen LogP contribution in [0.1, 0.15) is 17.3 Å². The first-order chi connectivity index (χ1) is 14.8. The summed E-state index contributed by atoms with van der Waals surface area (Å²) < 4.78 is 25.0. The number of primary sulfonamides is 1. The highest BCUT2D eigenvalue weighted by atomic mass is 32.2. The minimum atomic E-state index is -4.19. The Kier molecular flexibility index (Phi) is 5.53. The van der Waals surface area contributed by atoms with Crippen molar-refractivity contribution < 1.29 is 18.3 Å². The first kappa shape index (κ1) is 21.0. The summed E-state index contributed by atoms with van der Waals surface area (Å²) in [6, 6.07) is 20.0. The highest BCUT2D eigenvalue weighted by molar-refractivity contribution is 7.89. The molecule has 0 aliphatic heterocycles. The number of fused-ring (bicyclic) bond motifs is 1. The predicted molar refractivity (Wildman–Crippen MR) is 125 cm³/mol. The zero-order valence-electron chi connectivity index (χ0n) is 16.6.